The summed E-state index contributed by atoms with van der Waals surface area (Å²) in [5, 5.41) is 9.51. The maximum absolute atomic E-state index is 9.51. The van der Waals surface area contributed by atoms with Crippen LogP contribution in [-0.2, 0) is 22.3 Å². The second kappa shape index (κ2) is 7.97. The number of nitrogens with two attached hydrogens (primary N) is 1. The second-order valence-electron chi connectivity index (χ2n) is 8.74. The lowest BCUT2D eigenvalue weighted by molar-refractivity contribution is -0.0149. The molecule has 0 bridgehead atoms. The highest BCUT2D eigenvalue weighted by molar-refractivity contribution is 5.36. The molecule has 1 saturated heterocycles. The van der Waals surface area contributed by atoms with Crippen LogP contribution in [0.2, 0.25) is 0 Å². The minimum atomic E-state index is -0.371. The third-order valence-electron chi connectivity index (χ3n) is 6.75. The lowest BCUT2D eigenvalue weighted by Gasteiger charge is -2.29. The Hall–Kier alpha value is -0.940. The molecule has 4 heteroatoms. The summed E-state index contributed by atoms with van der Waals surface area (Å²) < 4.78 is 11.7. The zero-order valence-electron chi connectivity index (χ0n) is 15.8. The molecule has 1 saturated carbocycles. The summed E-state index contributed by atoms with van der Waals surface area (Å²) in [6.45, 7) is 2.78. The van der Waals surface area contributed by atoms with E-state index in [2.05, 4.69) is 18.2 Å². The second-order valence-corrected chi connectivity index (χ2v) is 8.74. The summed E-state index contributed by atoms with van der Waals surface area (Å²) >= 11 is 0. The summed E-state index contributed by atoms with van der Waals surface area (Å²) in [5.41, 5.74) is 10.2. The van der Waals surface area contributed by atoms with Gasteiger partial charge in [0.25, 0.3) is 0 Å². The van der Waals surface area contributed by atoms with Crippen LogP contribution < -0.4 is 5.73 Å². The molecule has 3 atom stereocenters. The zero-order chi connectivity index (χ0) is 18.0. The first kappa shape index (κ1) is 18.4. The van der Waals surface area contributed by atoms with Crippen molar-refractivity contribution < 1.29 is 14.6 Å². The van der Waals surface area contributed by atoms with Crippen molar-refractivity contribution in [2.45, 2.75) is 68.9 Å². The first-order valence-electron chi connectivity index (χ1n) is 10.4. The van der Waals surface area contributed by atoms with Gasteiger partial charge in [0.1, 0.15) is 0 Å². The van der Waals surface area contributed by atoms with E-state index in [1.807, 2.05) is 0 Å². The molecule has 144 valence electrons. The molecular weight excluding hydrogens is 326 g/mol. The van der Waals surface area contributed by atoms with Crippen molar-refractivity contribution in [3.8, 4) is 0 Å². The van der Waals surface area contributed by atoms with Crippen LogP contribution >= 0.6 is 0 Å². The van der Waals surface area contributed by atoms with E-state index in [-0.39, 0.29) is 12.1 Å². The third-order valence-corrected chi connectivity index (χ3v) is 6.75. The van der Waals surface area contributed by atoms with E-state index >= 15 is 0 Å². The molecule has 3 N–H and O–H groups in total. The SMILES string of the molecule is N[C@]1(CO)CCC(c2ccc3c(c2)CCC(OCC2CCOCC2)C3)C1. The van der Waals surface area contributed by atoms with Gasteiger partial charge in [0.2, 0.25) is 0 Å². The molecule has 2 unspecified atom stereocenters. The highest BCUT2D eigenvalue weighted by atomic mass is 16.5. The van der Waals surface area contributed by atoms with Crippen molar-refractivity contribution in [2.75, 3.05) is 26.4 Å². The number of hydrogen-bond donors (Lipinski definition) is 2. The average molecular weight is 360 g/mol. The highest BCUT2D eigenvalue weighted by Crippen LogP contribution is 2.40. The monoisotopic (exact) mass is 359 g/mol. The highest BCUT2D eigenvalue weighted by Gasteiger charge is 2.36. The zero-order valence-corrected chi connectivity index (χ0v) is 15.8. The number of aryl methyl sites for hydroxylation is 1. The number of ether oxygens (including phenoxy) is 2. The topological polar surface area (TPSA) is 64.7 Å². The van der Waals surface area contributed by atoms with Crippen molar-refractivity contribution in [1.29, 1.82) is 0 Å². The van der Waals surface area contributed by atoms with Gasteiger partial charge in [-0.05, 0) is 79.9 Å². The molecule has 4 rings (SSSR count). The number of fused-ring (bicyclic) bond motifs is 1. The van der Waals surface area contributed by atoms with Crippen LogP contribution in [0.4, 0.5) is 0 Å². The molecule has 0 aromatic heterocycles. The van der Waals surface area contributed by atoms with E-state index in [0.29, 0.717) is 17.9 Å². The minimum Gasteiger partial charge on any atom is -0.394 e. The standard InChI is InChI=1S/C22H33NO3/c23-22(15-24)8-5-20(13-22)18-1-2-19-12-21(4-3-17(19)11-18)26-14-16-6-9-25-10-7-16/h1-2,11,16,20-21,24H,3-10,12-15,23H2/t20?,21?,22-/m1/s1. The van der Waals surface area contributed by atoms with Gasteiger partial charge in [-0.15, -0.1) is 0 Å². The van der Waals surface area contributed by atoms with E-state index in [0.717, 1.165) is 71.2 Å². The van der Waals surface area contributed by atoms with Crippen LogP contribution in [0.15, 0.2) is 18.2 Å². The van der Waals surface area contributed by atoms with E-state index in [1.165, 1.54) is 16.7 Å². The normalized spacial score (nSPS) is 32.5. The van der Waals surface area contributed by atoms with Crippen molar-refractivity contribution in [2.24, 2.45) is 11.7 Å². The summed E-state index contributed by atoms with van der Waals surface area (Å²) in [4.78, 5) is 0. The fraction of sp³-hybridized carbons (Fsp3) is 0.727. The summed E-state index contributed by atoms with van der Waals surface area (Å²) in [5.74, 6) is 1.18. The van der Waals surface area contributed by atoms with Crippen LogP contribution in [0, 0.1) is 5.92 Å². The molecule has 1 aromatic carbocycles. The summed E-state index contributed by atoms with van der Waals surface area (Å²) in [6, 6.07) is 7.00. The molecule has 4 nitrogen and oxygen atoms in total. The molecule has 0 radical (unpaired) electrons. The number of rotatable bonds is 5. The van der Waals surface area contributed by atoms with Gasteiger partial charge in [0.15, 0.2) is 0 Å². The maximum atomic E-state index is 9.51. The van der Waals surface area contributed by atoms with Gasteiger partial charge >= 0.3 is 0 Å². The Labute approximate surface area is 157 Å². The van der Waals surface area contributed by atoms with Gasteiger partial charge in [-0.3, -0.25) is 0 Å². The van der Waals surface area contributed by atoms with Crippen molar-refractivity contribution in [3.63, 3.8) is 0 Å². The van der Waals surface area contributed by atoms with Crippen molar-refractivity contribution in [3.05, 3.63) is 34.9 Å². The van der Waals surface area contributed by atoms with Crippen LogP contribution in [0.1, 0.15) is 61.1 Å². The Morgan fingerprint density at radius 3 is 2.77 bits per heavy atom. The Kier molecular flexibility index (Phi) is 5.65. The van der Waals surface area contributed by atoms with Crippen molar-refractivity contribution in [1.82, 2.24) is 0 Å². The molecule has 0 spiro atoms. The molecule has 1 heterocycles. The average Bonchev–Trinajstić information content (AvgIpc) is 3.09. The van der Waals surface area contributed by atoms with E-state index in [4.69, 9.17) is 15.2 Å². The number of benzene rings is 1. The number of aliphatic hydroxyl groups excluding tert-OH is 1. The van der Waals surface area contributed by atoms with E-state index < -0.39 is 0 Å². The Balaban J connectivity index is 1.34. The Morgan fingerprint density at radius 1 is 1.15 bits per heavy atom. The minimum absolute atomic E-state index is 0.0978. The summed E-state index contributed by atoms with van der Waals surface area (Å²) in [6.07, 6.45) is 8.85. The first-order valence-corrected chi connectivity index (χ1v) is 10.4. The fourth-order valence-corrected chi connectivity index (χ4v) is 4.91. The van der Waals surface area contributed by atoms with Crippen LogP contribution in [0.25, 0.3) is 0 Å². The summed E-state index contributed by atoms with van der Waals surface area (Å²) in [7, 11) is 0. The van der Waals surface area contributed by atoms with Gasteiger partial charge in [-0.2, -0.15) is 0 Å². The van der Waals surface area contributed by atoms with E-state index in [1.54, 1.807) is 0 Å². The van der Waals surface area contributed by atoms with Crippen LogP contribution in [0.5, 0.6) is 0 Å². The van der Waals surface area contributed by atoms with Crippen LogP contribution in [0.3, 0.4) is 0 Å². The van der Waals surface area contributed by atoms with Crippen LogP contribution in [-0.4, -0.2) is 43.2 Å². The Morgan fingerprint density at radius 2 is 2.00 bits per heavy atom. The maximum Gasteiger partial charge on any atom is 0.0618 e. The lowest BCUT2D eigenvalue weighted by atomic mass is 9.85. The molecule has 26 heavy (non-hydrogen) atoms. The van der Waals surface area contributed by atoms with Gasteiger partial charge in [-0.25, -0.2) is 0 Å². The first-order chi connectivity index (χ1) is 12.6. The van der Waals surface area contributed by atoms with Gasteiger partial charge < -0.3 is 20.3 Å². The quantitative estimate of drug-likeness (QED) is 0.848. The molecule has 2 aliphatic carbocycles. The molecule has 1 aromatic rings. The molecule has 0 amide bonds. The molecule has 1 aliphatic heterocycles. The van der Waals surface area contributed by atoms with Gasteiger partial charge in [0, 0.05) is 25.4 Å². The molecule has 3 aliphatic rings. The predicted molar refractivity (Wildman–Crippen MR) is 102 cm³/mol. The largest absolute Gasteiger partial charge is 0.394 e. The molecule has 2 fully saturated rings. The fourth-order valence-electron chi connectivity index (χ4n) is 4.91. The number of hydrogen-bond acceptors (Lipinski definition) is 4. The Bertz CT molecular complexity index is 613. The third kappa shape index (κ3) is 4.14. The van der Waals surface area contributed by atoms with Gasteiger partial charge in [-0.1, -0.05) is 18.2 Å². The van der Waals surface area contributed by atoms with Gasteiger partial charge in [0.05, 0.1) is 12.7 Å². The van der Waals surface area contributed by atoms with Crippen molar-refractivity contribution >= 4 is 0 Å². The smallest absolute Gasteiger partial charge is 0.0618 e. The molecular formula is C22H33NO3. The lowest BCUT2D eigenvalue weighted by Crippen LogP contribution is -2.40. The van der Waals surface area contributed by atoms with E-state index in [9.17, 15) is 5.11 Å². The predicted octanol–water partition coefficient (Wildman–Crippen LogP) is 2.94. The number of aliphatic hydroxyl groups is 1.